The van der Waals surface area contributed by atoms with E-state index in [1.54, 1.807) is 6.33 Å². The quantitative estimate of drug-likeness (QED) is 0.801. The first kappa shape index (κ1) is 14.5. The molecule has 0 amide bonds. The Hall–Kier alpha value is -0.570. The van der Waals surface area contributed by atoms with Gasteiger partial charge in [0.05, 0.1) is 11.4 Å². The lowest BCUT2D eigenvalue weighted by Crippen LogP contribution is -2.20. The number of rotatable bonds is 3. The second kappa shape index (κ2) is 5.38. The Morgan fingerprint density at radius 1 is 1.12 bits per heavy atom. The highest BCUT2D eigenvalue weighted by molar-refractivity contribution is 7.98. The summed E-state index contributed by atoms with van der Waals surface area (Å²) < 4.78 is 0. The van der Waals surface area contributed by atoms with Gasteiger partial charge in [-0.1, -0.05) is 34.6 Å². The van der Waals surface area contributed by atoms with Crippen LogP contribution in [0.3, 0.4) is 0 Å². The Morgan fingerprint density at radius 2 is 1.71 bits per heavy atom. The summed E-state index contributed by atoms with van der Waals surface area (Å²) in [4.78, 5) is 9.03. The molecule has 3 heteroatoms. The van der Waals surface area contributed by atoms with Crippen LogP contribution in [-0.4, -0.2) is 16.2 Å². The van der Waals surface area contributed by atoms with Crippen LogP contribution in [0.4, 0.5) is 0 Å². The van der Waals surface area contributed by atoms with Crippen LogP contribution >= 0.6 is 11.8 Å². The van der Waals surface area contributed by atoms with Crippen molar-refractivity contribution in [2.75, 3.05) is 6.26 Å². The normalized spacial score (nSPS) is 14.1. The monoisotopic (exact) mass is 252 g/mol. The first-order valence-corrected chi connectivity index (χ1v) is 7.45. The van der Waals surface area contributed by atoms with Gasteiger partial charge in [-0.25, -0.2) is 9.97 Å². The number of aromatic nitrogens is 2. The fourth-order valence-corrected chi connectivity index (χ4v) is 2.45. The maximum absolute atomic E-state index is 4.54. The molecule has 0 spiro atoms. The van der Waals surface area contributed by atoms with Gasteiger partial charge in [0.2, 0.25) is 0 Å². The first-order chi connectivity index (χ1) is 7.79. The predicted molar refractivity (Wildman–Crippen MR) is 76.8 cm³/mol. The molecule has 17 heavy (non-hydrogen) atoms. The zero-order chi connectivity index (χ0) is 13.2. The second-order valence-corrected chi connectivity index (χ2v) is 6.98. The Balaban J connectivity index is 3.45. The standard InChI is InChI=1S/C14H24N2S/c1-9(2)12-11(10(3)17-7)13(14(4,5)6)16-8-15-12/h8-10H,1-7H3. The third-order valence-electron chi connectivity index (χ3n) is 2.93. The molecule has 0 aromatic carbocycles. The molecule has 0 fully saturated rings. The number of nitrogens with zero attached hydrogens (tertiary/aromatic N) is 2. The van der Waals surface area contributed by atoms with E-state index in [2.05, 4.69) is 57.8 Å². The molecule has 0 saturated carbocycles. The fourth-order valence-electron chi connectivity index (χ4n) is 1.99. The highest BCUT2D eigenvalue weighted by atomic mass is 32.2. The lowest BCUT2D eigenvalue weighted by Gasteiger charge is -2.26. The number of thioether (sulfide) groups is 1. The summed E-state index contributed by atoms with van der Waals surface area (Å²) >= 11 is 1.86. The van der Waals surface area contributed by atoms with Gasteiger partial charge in [0.15, 0.2) is 0 Å². The molecule has 0 N–H and O–H groups in total. The Bertz CT molecular complexity index is 380. The van der Waals surface area contributed by atoms with Crippen LogP contribution in [0.25, 0.3) is 0 Å². The topological polar surface area (TPSA) is 25.8 Å². The minimum atomic E-state index is 0.0753. The number of hydrogen-bond acceptors (Lipinski definition) is 3. The molecule has 1 aromatic rings. The molecule has 1 heterocycles. The average molecular weight is 252 g/mol. The second-order valence-electron chi connectivity index (χ2n) is 5.80. The summed E-state index contributed by atoms with van der Waals surface area (Å²) in [6.07, 6.45) is 3.86. The van der Waals surface area contributed by atoms with Crippen LogP contribution in [0.2, 0.25) is 0 Å². The third-order valence-corrected chi connectivity index (χ3v) is 3.87. The van der Waals surface area contributed by atoms with Crippen molar-refractivity contribution < 1.29 is 0 Å². The van der Waals surface area contributed by atoms with E-state index < -0.39 is 0 Å². The summed E-state index contributed by atoms with van der Waals surface area (Å²) in [7, 11) is 0. The van der Waals surface area contributed by atoms with E-state index in [-0.39, 0.29) is 5.41 Å². The van der Waals surface area contributed by atoms with Crippen LogP contribution in [0, 0.1) is 0 Å². The third kappa shape index (κ3) is 3.21. The molecule has 96 valence electrons. The smallest absolute Gasteiger partial charge is 0.115 e. The van der Waals surface area contributed by atoms with Crippen LogP contribution in [0.15, 0.2) is 6.33 Å². The van der Waals surface area contributed by atoms with Crippen molar-refractivity contribution in [2.24, 2.45) is 0 Å². The maximum atomic E-state index is 4.54. The van der Waals surface area contributed by atoms with Crippen molar-refractivity contribution in [1.29, 1.82) is 0 Å². The first-order valence-electron chi connectivity index (χ1n) is 6.17. The maximum Gasteiger partial charge on any atom is 0.115 e. The Labute approximate surface area is 110 Å². The summed E-state index contributed by atoms with van der Waals surface area (Å²) in [6.45, 7) is 13.3. The molecule has 1 aromatic heterocycles. The van der Waals surface area contributed by atoms with Gasteiger partial charge in [0.1, 0.15) is 6.33 Å². The summed E-state index contributed by atoms with van der Waals surface area (Å²) in [5.41, 5.74) is 3.80. The van der Waals surface area contributed by atoms with E-state index in [4.69, 9.17) is 0 Å². The van der Waals surface area contributed by atoms with Crippen LogP contribution in [0.5, 0.6) is 0 Å². The molecule has 0 radical (unpaired) electrons. The zero-order valence-corrected chi connectivity index (χ0v) is 12.9. The predicted octanol–water partition coefficient (Wildman–Crippen LogP) is 4.32. The van der Waals surface area contributed by atoms with Crippen LogP contribution < -0.4 is 0 Å². The molecule has 0 saturated heterocycles. The van der Waals surface area contributed by atoms with Crippen molar-refractivity contribution in [3.8, 4) is 0 Å². The minimum Gasteiger partial charge on any atom is -0.241 e. The van der Waals surface area contributed by atoms with Gasteiger partial charge in [-0.05, 0) is 19.1 Å². The van der Waals surface area contributed by atoms with Crippen molar-refractivity contribution in [2.45, 2.75) is 58.1 Å². The van der Waals surface area contributed by atoms with Crippen molar-refractivity contribution in [3.63, 3.8) is 0 Å². The van der Waals surface area contributed by atoms with Gasteiger partial charge in [-0.15, -0.1) is 0 Å². The molecule has 1 unspecified atom stereocenters. The van der Waals surface area contributed by atoms with E-state index in [1.165, 1.54) is 17.0 Å². The lowest BCUT2D eigenvalue weighted by molar-refractivity contribution is 0.552. The van der Waals surface area contributed by atoms with Gasteiger partial charge in [0.25, 0.3) is 0 Å². The van der Waals surface area contributed by atoms with Gasteiger partial charge in [-0.3, -0.25) is 0 Å². The van der Waals surface area contributed by atoms with E-state index in [0.717, 1.165) is 0 Å². The lowest BCUT2D eigenvalue weighted by atomic mass is 9.85. The van der Waals surface area contributed by atoms with Gasteiger partial charge in [0, 0.05) is 16.2 Å². The van der Waals surface area contributed by atoms with Gasteiger partial charge < -0.3 is 0 Å². The zero-order valence-electron chi connectivity index (χ0n) is 12.0. The summed E-state index contributed by atoms with van der Waals surface area (Å²) in [5, 5.41) is 0.447. The molecular formula is C14H24N2S. The molecule has 0 bridgehead atoms. The molecule has 1 rings (SSSR count). The number of hydrogen-bond donors (Lipinski definition) is 0. The highest BCUT2D eigenvalue weighted by Crippen LogP contribution is 2.37. The van der Waals surface area contributed by atoms with Crippen LogP contribution in [-0.2, 0) is 5.41 Å². The summed E-state index contributed by atoms with van der Waals surface area (Å²) in [6, 6.07) is 0. The van der Waals surface area contributed by atoms with Gasteiger partial charge >= 0.3 is 0 Å². The molecule has 0 aliphatic rings. The van der Waals surface area contributed by atoms with E-state index in [0.29, 0.717) is 11.2 Å². The molecule has 2 nitrogen and oxygen atoms in total. The van der Waals surface area contributed by atoms with E-state index in [9.17, 15) is 0 Å². The van der Waals surface area contributed by atoms with Crippen molar-refractivity contribution in [3.05, 3.63) is 23.3 Å². The van der Waals surface area contributed by atoms with Gasteiger partial charge in [-0.2, -0.15) is 11.8 Å². The van der Waals surface area contributed by atoms with Crippen molar-refractivity contribution in [1.82, 2.24) is 9.97 Å². The average Bonchev–Trinajstić information content (AvgIpc) is 2.25. The van der Waals surface area contributed by atoms with Crippen LogP contribution in [0.1, 0.15) is 69.7 Å². The SMILES string of the molecule is CSC(C)c1c(C(C)C)ncnc1C(C)(C)C. The Kier molecular flexibility index (Phi) is 4.59. The molecule has 1 atom stereocenters. The molecular weight excluding hydrogens is 228 g/mol. The highest BCUT2D eigenvalue weighted by Gasteiger charge is 2.26. The fraction of sp³-hybridized carbons (Fsp3) is 0.714. The summed E-state index contributed by atoms with van der Waals surface area (Å²) in [5.74, 6) is 0.448. The van der Waals surface area contributed by atoms with E-state index >= 15 is 0 Å². The largest absolute Gasteiger partial charge is 0.241 e. The minimum absolute atomic E-state index is 0.0753. The molecule has 0 aliphatic carbocycles. The van der Waals surface area contributed by atoms with Crippen molar-refractivity contribution >= 4 is 11.8 Å². The Morgan fingerprint density at radius 3 is 2.12 bits per heavy atom. The van der Waals surface area contributed by atoms with E-state index in [1.807, 2.05) is 11.8 Å². The molecule has 0 aliphatic heterocycles.